The van der Waals surface area contributed by atoms with Crippen molar-refractivity contribution in [1.29, 1.82) is 0 Å². The number of ether oxygens (including phenoxy) is 1. The van der Waals surface area contributed by atoms with Crippen molar-refractivity contribution in [1.82, 2.24) is 10.2 Å². The molecule has 2 unspecified atom stereocenters. The lowest BCUT2D eigenvalue weighted by Gasteiger charge is -2.23. The summed E-state index contributed by atoms with van der Waals surface area (Å²) in [5, 5.41) is 3.07. The summed E-state index contributed by atoms with van der Waals surface area (Å²) < 4.78 is 44.2. The van der Waals surface area contributed by atoms with Gasteiger partial charge >= 0.3 is 6.18 Å². The summed E-state index contributed by atoms with van der Waals surface area (Å²) in [5.41, 5.74) is -0.867. The van der Waals surface area contributed by atoms with E-state index in [9.17, 15) is 18.0 Å². The fourth-order valence-corrected chi connectivity index (χ4v) is 2.79. The highest BCUT2D eigenvalue weighted by Crippen LogP contribution is 2.36. The second-order valence-corrected chi connectivity index (χ2v) is 5.75. The van der Waals surface area contributed by atoms with Crippen molar-refractivity contribution in [2.75, 3.05) is 26.7 Å². The second-order valence-electron chi connectivity index (χ2n) is 5.75. The van der Waals surface area contributed by atoms with Crippen LogP contribution in [0.5, 0.6) is 5.75 Å². The van der Waals surface area contributed by atoms with Gasteiger partial charge in [-0.05, 0) is 45.0 Å². The number of nitrogens with one attached hydrogen (secondary N) is 1. The molecule has 1 aliphatic heterocycles. The third kappa shape index (κ3) is 4.37. The Bertz CT molecular complexity index is 548. The molecule has 0 radical (unpaired) electrons. The van der Waals surface area contributed by atoms with Gasteiger partial charge in [-0.25, -0.2) is 0 Å². The Balaban J connectivity index is 2.02. The Morgan fingerprint density at radius 3 is 2.78 bits per heavy atom. The van der Waals surface area contributed by atoms with Crippen molar-refractivity contribution < 1.29 is 22.7 Å². The molecule has 128 valence electrons. The number of hydrogen-bond acceptors (Lipinski definition) is 3. The van der Waals surface area contributed by atoms with Crippen molar-refractivity contribution in [3.8, 4) is 5.75 Å². The smallest absolute Gasteiger partial charge is 0.419 e. The van der Waals surface area contributed by atoms with E-state index in [4.69, 9.17) is 4.74 Å². The third-order valence-corrected chi connectivity index (χ3v) is 3.93. The van der Waals surface area contributed by atoms with Gasteiger partial charge in [0.25, 0.3) is 5.91 Å². The predicted octanol–water partition coefficient (Wildman–Crippen LogP) is 2.54. The summed E-state index contributed by atoms with van der Waals surface area (Å²) in [7, 11) is 1.85. The molecule has 1 saturated heterocycles. The van der Waals surface area contributed by atoms with Gasteiger partial charge in [-0.2, -0.15) is 13.2 Å². The number of para-hydroxylation sites is 1. The van der Waals surface area contributed by atoms with Crippen LogP contribution in [0.15, 0.2) is 24.3 Å². The highest BCUT2D eigenvalue weighted by Gasteiger charge is 2.35. The van der Waals surface area contributed by atoms with E-state index in [1.807, 2.05) is 7.05 Å². The number of hydrogen-bond donors (Lipinski definition) is 1. The molecule has 23 heavy (non-hydrogen) atoms. The van der Waals surface area contributed by atoms with Crippen LogP contribution in [0.4, 0.5) is 13.2 Å². The molecule has 7 heteroatoms. The van der Waals surface area contributed by atoms with Crippen LogP contribution in [0.2, 0.25) is 0 Å². The number of carbonyl (C=O) groups excluding carboxylic acids is 1. The summed E-state index contributed by atoms with van der Waals surface area (Å²) in [5.74, 6) is -0.217. The SMILES string of the molecule is CNCC1CCN(C(=O)C(C)Oc2ccccc2C(F)(F)F)C1. The Hall–Kier alpha value is -1.76. The summed E-state index contributed by atoms with van der Waals surface area (Å²) in [6, 6.07) is 4.94. The van der Waals surface area contributed by atoms with Gasteiger partial charge in [-0.3, -0.25) is 4.79 Å². The monoisotopic (exact) mass is 330 g/mol. The highest BCUT2D eigenvalue weighted by atomic mass is 19.4. The third-order valence-electron chi connectivity index (χ3n) is 3.93. The van der Waals surface area contributed by atoms with E-state index in [-0.39, 0.29) is 11.7 Å². The highest BCUT2D eigenvalue weighted by molar-refractivity contribution is 5.81. The van der Waals surface area contributed by atoms with E-state index in [1.165, 1.54) is 25.1 Å². The van der Waals surface area contributed by atoms with Crippen molar-refractivity contribution in [3.63, 3.8) is 0 Å². The quantitative estimate of drug-likeness (QED) is 0.902. The molecule has 4 nitrogen and oxygen atoms in total. The van der Waals surface area contributed by atoms with Gasteiger partial charge < -0.3 is 15.0 Å². The first-order valence-electron chi connectivity index (χ1n) is 7.59. The molecule has 1 heterocycles. The van der Waals surface area contributed by atoms with E-state index in [0.717, 1.165) is 19.0 Å². The molecule has 0 bridgehead atoms. The van der Waals surface area contributed by atoms with Crippen LogP contribution in [0, 0.1) is 5.92 Å². The van der Waals surface area contributed by atoms with Crippen molar-refractivity contribution >= 4 is 5.91 Å². The van der Waals surface area contributed by atoms with Gasteiger partial charge in [0.2, 0.25) is 0 Å². The van der Waals surface area contributed by atoms with Gasteiger partial charge in [0.15, 0.2) is 6.10 Å². The fourth-order valence-electron chi connectivity index (χ4n) is 2.79. The molecule has 1 aliphatic rings. The van der Waals surface area contributed by atoms with Crippen molar-refractivity contribution in [2.24, 2.45) is 5.92 Å². The number of nitrogens with zero attached hydrogens (tertiary/aromatic N) is 1. The number of amides is 1. The molecular weight excluding hydrogens is 309 g/mol. The molecular formula is C16H21F3N2O2. The standard InChI is InChI=1S/C16H21F3N2O2/c1-11(15(22)21-8-7-12(10-21)9-20-2)23-14-6-4-3-5-13(14)16(17,18)19/h3-6,11-12,20H,7-10H2,1-2H3. The minimum atomic E-state index is -4.51. The Labute approximate surface area is 133 Å². The number of benzene rings is 1. The van der Waals surface area contributed by atoms with E-state index in [1.54, 1.807) is 4.90 Å². The van der Waals surface area contributed by atoms with E-state index >= 15 is 0 Å². The molecule has 0 saturated carbocycles. The average molecular weight is 330 g/mol. The molecule has 1 N–H and O–H groups in total. The second kappa shape index (κ2) is 7.21. The van der Waals surface area contributed by atoms with Gasteiger partial charge in [0.1, 0.15) is 5.75 Å². The molecule has 1 fully saturated rings. The summed E-state index contributed by atoms with van der Waals surface area (Å²) in [6.07, 6.45) is -4.57. The number of likely N-dealkylation sites (tertiary alicyclic amines) is 1. The largest absolute Gasteiger partial charge is 0.480 e. The van der Waals surface area contributed by atoms with Gasteiger partial charge in [0.05, 0.1) is 5.56 Å². The Morgan fingerprint density at radius 1 is 1.43 bits per heavy atom. The topological polar surface area (TPSA) is 41.6 Å². The van der Waals surface area contributed by atoms with Crippen LogP contribution in [0.1, 0.15) is 18.9 Å². The lowest BCUT2D eigenvalue weighted by molar-refractivity contribution is -0.143. The van der Waals surface area contributed by atoms with Gasteiger partial charge in [-0.1, -0.05) is 12.1 Å². The molecule has 2 atom stereocenters. The predicted molar refractivity (Wildman–Crippen MR) is 80.1 cm³/mol. The van der Waals surface area contributed by atoms with Crippen LogP contribution >= 0.6 is 0 Å². The average Bonchev–Trinajstić information content (AvgIpc) is 2.95. The number of halogens is 3. The summed E-state index contributed by atoms with van der Waals surface area (Å²) in [6.45, 7) is 3.52. The Morgan fingerprint density at radius 2 is 2.13 bits per heavy atom. The van der Waals surface area contributed by atoms with Crippen LogP contribution in [-0.4, -0.2) is 43.6 Å². The van der Waals surface area contributed by atoms with Crippen LogP contribution in [-0.2, 0) is 11.0 Å². The number of alkyl halides is 3. The van der Waals surface area contributed by atoms with Crippen LogP contribution in [0.3, 0.4) is 0 Å². The van der Waals surface area contributed by atoms with Crippen LogP contribution < -0.4 is 10.1 Å². The number of carbonyl (C=O) groups is 1. The molecule has 0 aromatic heterocycles. The van der Waals surface area contributed by atoms with Crippen molar-refractivity contribution in [3.05, 3.63) is 29.8 Å². The lowest BCUT2D eigenvalue weighted by Crippen LogP contribution is -2.39. The fraction of sp³-hybridized carbons (Fsp3) is 0.562. The maximum atomic E-state index is 13.0. The van der Waals surface area contributed by atoms with E-state index < -0.39 is 17.8 Å². The normalized spacial score (nSPS) is 19.7. The molecule has 1 aromatic carbocycles. The zero-order valence-corrected chi connectivity index (χ0v) is 13.2. The van der Waals surface area contributed by atoms with Crippen molar-refractivity contribution in [2.45, 2.75) is 25.6 Å². The first-order valence-corrected chi connectivity index (χ1v) is 7.59. The number of rotatable bonds is 5. The lowest BCUT2D eigenvalue weighted by atomic mass is 10.1. The van der Waals surface area contributed by atoms with Gasteiger partial charge in [-0.15, -0.1) is 0 Å². The zero-order chi connectivity index (χ0) is 17.0. The molecule has 0 spiro atoms. The maximum Gasteiger partial charge on any atom is 0.419 e. The van der Waals surface area contributed by atoms with E-state index in [2.05, 4.69) is 5.32 Å². The first-order chi connectivity index (χ1) is 10.8. The zero-order valence-electron chi connectivity index (χ0n) is 13.2. The minimum Gasteiger partial charge on any atom is -0.480 e. The molecule has 1 amide bonds. The summed E-state index contributed by atoms with van der Waals surface area (Å²) in [4.78, 5) is 14.0. The molecule has 1 aromatic rings. The Kier molecular flexibility index (Phi) is 5.51. The van der Waals surface area contributed by atoms with E-state index in [0.29, 0.717) is 19.0 Å². The van der Waals surface area contributed by atoms with Crippen LogP contribution in [0.25, 0.3) is 0 Å². The first kappa shape index (κ1) is 17.6. The summed E-state index contributed by atoms with van der Waals surface area (Å²) >= 11 is 0. The maximum absolute atomic E-state index is 13.0. The minimum absolute atomic E-state index is 0.277. The molecule has 0 aliphatic carbocycles. The molecule has 2 rings (SSSR count). The van der Waals surface area contributed by atoms with Gasteiger partial charge in [0, 0.05) is 13.1 Å².